The topological polar surface area (TPSA) is 12.0 Å². The van der Waals surface area contributed by atoms with Crippen LogP contribution < -0.4 is 5.32 Å². The third-order valence-electron chi connectivity index (χ3n) is 3.08. The molecule has 0 aromatic rings. The first-order chi connectivity index (χ1) is 5.36. The molecule has 0 aromatic heterocycles. The van der Waals surface area contributed by atoms with Gasteiger partial charge in [0.05, 0.1) is 0 Å². The van der Waals surface area contributed by atoms with Crippen molar-refractivity contribution in [1.82, 2.24) is 5.32 Å². The maximum atomic E-state index is 12.8. The summed E-state index contributed by atoms with van der Waals surface area (Å²) in [6.45, 7) is 0.598. The molecule has 0 spiro atoms. The maximum absolute atomic E-state index is 12.8. The van der Waals surface area contributed by atoms with Crippen LogP contribution in [0.25, 0.3) is 0 Å². The standard InChI is InChI=1S/C9H16FN.ClH/c10-8-5-9(11-6-8)7-3-1-2-4-7;/h7-9,11H,1-6H2;1H. The Hall–Kier alpha value is 0.180. The van der Waals surface area contributed by atoms with E-state index in [1.54, 1.807) is 0 Å². The third kappa shape index (κ3) is 2.11. The van der Waals surface area contributed by atoms with E-state index in [9.17, 15) is 4.39 Å². The fourth-order valence-electron chi connectivity index (χ4n) is 2.44. The van der Waals surface area contributed by atoms with Crippen molar-refractivity contribution in [3.8, 4) is 0 Å². The van der Waals surface area contributed by atoms with Gasteiger partial charge >= 0.3 is 0 Å². The number of hydrogen-bond donors (Lipinski definition) is 1. The molecule has 2 unspecified atom stereocenters. The van der Waals surface area contributed by atoms with Crippen molar-refractivity contribution in [2.45, 2.75) is 44.3 Å². The van der Waals surface area contributed by atoms with Gasteiger partial charge in [-0.1, -0.05) is 12.8 Å². The van der Waals surface area contributed by atoms with Gasteiger partial charge in [-0.2, -0.15) is 0 Å². The predicted octanol–water partition coefficient (Wildman–Crippen LogP) is 2.30. The molecule has 0 amide bonds. The van der Waals surface area contributed by atoms with Gasteiger partial charge in [-0.05, 0) is 25.2 Å². The molecule has 0 aromatic carbocycles. The first-order valence-electron chi connectivity index (χ1n) is 4.74. The van der Waals surface area contributed by atoms with E-state index in [0.29, 0.717) is 12.6 Å². The van der Waals surface area contributed by atoms with Crippen LogP contribution in [0.4, 0.5) is 4.39 Å². The lowest BCUT2D eigenvalue weighted by Crippen LogP contribution is -2.28. The molecular weight excluding hydrogens is 177 g/mol. The molecule has 72 valence electrons. The first-order valence-corrected chi connectivity index (χ1v) is 4.74. The van der Waals surface area contributed by atoms with Crippen LogP contribution in [0.2, 0.25) is 0 Å². The molecule has 1 N–H and O–H groups in total. The largest absolute Gasteiger partial charge is 0.311 e. The zero-order valence-corrected chi connectivity index (χ0v) is 8.08. The van der Waals surface area contributed by atoms with Crippen LogP contribution in [0.15, 0.2) is 0 Å². The van der Waals surface area contributed by atoms with Gasteiger partial charge in [0.2, 0.25) is 0 Å². The van der Waals surface area contributed by atoms with E-state index in [0.717, 1.165) is 12.3 Å². The minimum absolute atomic E-state index is 0. The van der Waals surface area contributed by atoms with E-state index in [-0.39, 0.29) is 12.4 Å². The van der Waals surface area contributed by atoms with E-state index in [1.807, 2.05) is 0 Å². The molecule has 2 atom stereocenters. The van der Waals surface area contributed by atoms with E-state index >= 15 is 0 Å². The summed E-state index contributed by atoms with van der Waals surface area (Å²) in [6, 6.07) is 0.507. The van der Waals surface area contributed by atoms with Gasteiger partial charge in [0, 0.05) is 12.6 Å². The third-order valence-corrected chi connectivity index (χ3v) is 3.08. The van der Waals surface area contributed by atoms with Gasteiger partial charge in [0.1, 0.15) is 6.17 Å². The van der Waals surface area contributed by atoms with E-state index in [1.165, 1.54) is 25.7 Å². The van der Waals surface area contributed by atoms with Gasteiger partial charge in [0.15, 0.2) is 0 Å². The Bertz CT molecular complexity index is 136. The van der Waals surface area contributed by atoms with Crippen LogP contribution in [0.1, 0.15) is 32.1 Å². The number of rotatable bonds is 1. The molecule has 1 aliphatic carbocycles. The summed E-state index contributed by atoms with van der Waals surface area (Å²) in [7, 11) is 0. The molecule has 1 nitrogen and oxygen atoms in total. The lowest BCUT2D eigenvalue weighted by atomic mass is 9.97. The number of hydrogen-bond acceptors (Lipinski definition) is 1. The van der Waals surface area contributed by atoms with Crippen molar-refractivity contribution in [3.05, 3.63) is 0 Å². The minimum Gasteiger partial charge on any atom is -0.311 e. The number of halogens is 2. The first kappa shape index (κ1) is 10.3. The van der Waals surface area contributed by atoms with Crippen LogP contribution >= 0.6 is 12.4 Å². The summed E-state index contributed by atoms with van der Waals surface area (Å²) < 4.78 is 12.8. The highest BCUT2D eigenvalue weighted by molar-refractivity contribution is 5.85. The monoisotopic (exact) mass is 193 g/mol. The average Bonchev–Trinajstić information content (AvgIpc) is 2.55. The van der Waals surface area contributed by atoms with Crippen LogP contribution in [-0.2, 0) is 0 Å². The van der Waals surface area contributed by atoms with Crippen molar-refractivity contribution in [3.63, 3.8) is 0 Å². The normalized spacial score (nSPS) is 36.8. The van der Waals surface area contributed by atoms with Gasteiger partial charge in [-0.25, -0.2) is 4.39 Å². The Labute approximate surface area is 79.5 Å². The molecule has 2 fully saturated rings. The van der Waals surface area contributed by atoms with Crippen LogP contribution in [0.5, 0.6) is 0 Å². The quantitative estimate of drug-likeness (QED) is 0.674. The summed E-state index contributed by atoms with van der Waals surface area (Å²) in [6.07, 6.45) is 5.57. The minimum atomic E-state index is -0.569. The van der Waals surface area contributed by atoms with E-state index in [4.69, 9.17) is 0 Å². The van der Waals surface area contributed by atoms with Crippen molar-refractivity contribution in [2.24, 2.45) is 5.92 Å². The second-order valence-electron chi connectivity index (χ2n) is 3.89. The highest BCUT2D eigenvalue weighted by atomic mass is 35.5. The maximum Gasteiger partial charge on any atom is 0.114 e. The second-order valence-corrected chi connectivity index (χ2v) is 3.89. The Balaban J connectivity index is 0.000000720. The lowest BCUT2D eigenvalue weighted by Gasteiger charge is -2.16. The summed E-state index contributed by atoms with van der Waals surface area (Å²) in [4.78, 5) is 0. The molecular formula is C9H17ClFN. The van der Waals surface area contributed by atoms with Gasteiger partial charge in [0.25, 0.3) is 0 Å². The molecule has 3 heteroatoms. The molecule has 2 rings (SSSR count). The van der Waals surface area contributed by atoms with Crippen molar-refractivity contribution < 1.29 is 4.39 Å². The van der Waals surface area contributed by atoms with Crippen molar-refractivity contribution in [1.29, 1.82) is 0 Å². The highest BCUT2D eigenvalue weighted by Gasteiger charge is 2.31. The van der Waals surface area contributed by atoms with Crippen LogP contribution in [0.3, 0.4) is 0 Å². The number of nitrogens with one attached hydrogen (secondary N) is 1. The molecule has 1 heterocycles. The predicted molar refractivity (Wildman–Crippen MR) is 50.5 cm³/mol. The van der Waals surface area contributed by atoms with Crippen LogP contribution in [-0.4, -0.2) is 18.8 Å². The summed E-state index contributed by atoms with van der Waals surface area (Å²) in [5, 5.41) is 3.27. The Kier molecular flexibility index (Phi) is 3.78. The molecule has 0 radical (unpaired) electrons. The fourth-order valence-corrected chi connectivity index (χ4v) is 2.44. The molecule has 2 aliphatic rings. The van der Waals surface area contributed by atoms with Gasteiger partial charge in [-0.15, -0.1) is 12.4 Å². The Morgan fingerprint density at radius 2 is 1.83 bits per heavy atom. The summed E-state index contributed by atoms with van der Waals surface area (Å²) >= 11 is 0. The Morgan fingerprint density at radius 1 is 1.17 bits per heavy atom. The molecule has 1 saturated heterocycles. The van der Waals surface area contributed by atoms with Crippen molar-refractivity contribution in [2.75, 3.05) is 6.54 Å². The highest BCUT2D eigenvalue weighted by Crippen LogP contribution is 2.31. The molecule has 0 bridgehead atoms. The zero-order valence-electron chi connectivity index (χ0n) is 7.26. The van der Waals surface area contributed by atoms with Crippen molar-refractivity contribution >= 4 is 12.4 Å². The summed E-state index contributed by atoms with van der Waals surface area (Å²) in [5.41, 5.74) is 0. The van der Waals surface area contributed by atoms with E-state index < -0.39 is 6.17 Å². The average molecular weight is 194 g/mol. The molecule has 1 saturated carbocycles. The molecule has 1 aliphatic heterocycles. The fraction of sp³-hybridized carbons (Fsp3) is 1.00. The summed E-state index contributed by atoms with van der Waals surface area (Å²) in [5.74, 6) is 0.788. The smallest absolute Gasteiger partial charge is 0.114 e. The van der Waals surface area contributed by atoms with Gasteiger partial charge in [-0.3, -0.25) is 0 Å². The number of alkyl halides is 1. The zero-order chi connectivity index (χ0) is 7.68. The van der Waals surface area contributed by atoms with E-state index in [2.05, 4.69) is 5.32 Å². The Morgan fingerprint density at radius 3 is 2.33 bits per heavy atom. The SMILES string of the molecule is Cl.FC1CNC(C2CCCC2)C1. The molecule has 12 heavy (non-hydrogen) atoms. The van der Waals surface area contributed by atoms with Crippen LogP contribution in [0, 0.1) is 5.92 Å². The lowest BCUT2D eigenvalue weighted by molar-refractivity contribution is 0.334. The van der Waals surface area contributed by atoms with Gasteiger partial charge < -0.3 is 5.32 Å². The second kappa shape index (κ2) is 4.43.